The lowest BCUT2D eigenvalue weighted by Gasteiger charge is -2.07. The lowest BCUT2D eigenvalue weighted by Crippen LogP contribution is -2.14. The predicted molar refractivity (Wildman–Crippen MR) is 71.0 cm³/mol. The van der Waals surface area contributed by atoms with Crippen molar-refractivity contribution >= 4 is 34.8 Å². The fraction of sp³-hybridized carbons (Fsp3) is 0.250. The number of halogens is 2. The molecule has 0 aliphatic rings. The van der Waals surface area contributed by atoms with Crippen molar-refractivity contribution in [2.45, 2.75) is 6.42 Å². The van der Waals surface area contributed by atoms with Crippen molar-refractivity contribution < 1.29 is 14.6 Å². The van der Waals surface area contributed by atoms with Crippen LogP contribution in [0.15, 0.2) is 12.1 Å². The molecule has 0 aliphatic heterocycles. The number of phenols is 1. The number of ether oxygens (including phenoxy) is 1. The monoisotopic (exact) mass is 287 g/mol. The third-order valence-corrected chi connectivity index (χ3v) is 2.54. The molecular formula is C12H11Cl2NO3. The van der Waals surface area contributed by atoms with Crippen LogP contribution in [0.5, 0.6) is 5.75 Å². The van der Waals surface area contributed by atoms with Gasteiger partial charge >= 0.3 is 0 Å². The Labute approximate surface area is 115 Å². The molecule has 1 amide bonds. The molecule has 1 aromatic rings. The van der Waals surface area contributed by atoms with E-state index in [1.165, 1.54) is 12.1 Å². The van der Waals surface area contributed by atoms with Crippen LogP contribution in [0.25, 0.3) is 0 Å². The topological polar surface area (TPSA) is 58.6 Å². The minimum atomic E-state index is -0.259. The van der Waals surface area contributed by atoms with E-state index < -0.39 is 0 Å². The standard InChI is InChI=1S/C12H11Cl2NO3/c1-2-4-18-5-3-11(16)15-8-6-9(13)12(17)10(14)7-8/h1,6-7,17H,3-5H2,(H,15,16). The highest BCUT2D eigenvalue weighted by molar-refractivity contribution is 6.37. The maximum Gasteiger partial charge on any atom is 0.226 e. The molecule has 0 atom stereocenters. The highest BCUT2D eigenvalue weighted by atomic mass is 35.5. The summed E-state index contributed by atoms with van der Waals surface area (Å²) >= 11 is 11.4. The molecule has 96 valence electrons. The van der Waals surface area contributed by atoms with Crippen LogP contribution >= 0.6 is 23.2 Å². The normalized spacial score (nSPS) is 9.83. The van der Waals surface area contributed by atoms with Gasteiger partial charge in [0.2, 0.25) is 5.91 Å². The first-order valence-corrected chi connectivity index (χ1v) is 5.79. The number of benzene rings is 1. The number of aromatic hydroxyl groups is 1. The molecule has 0 saturated carbocycles. The Morgan fingerprint density at radius 2 is 2.06 bits per heavy atom. The Morgan fingerprint density at radius 1 is 1.44 bits per heavy atom. The number of rotatable bonds is 5. The van der Waals surface area contributed by atoms with Crippen LogP contribution in [0.1, 0.15) is 6.42 Å². The van der Waals surface area contributed by atoms with Crippen LogP contribution in [0.2, 0.25) is 10.0 Å². The van der Waals surface area contributed by atoms with Crippen molar-refractivity contribution in [2.75, 3.05) is 18.5 Å². The van der Waals surface area contributed by atoms with Crippen LogP contribution in [-0.2, 0) is 9.53 Å². The minimum Gasteiger partial charge on any atom is -0.505 e. The average molecular weight is 288 g/mol. The van der Waals surface area contributed by atoms with E-state index in [1.54, 1.807) is 0 Å². The van der Waals surface area contributed by atoms with Gasteiger partial charge in [0.1, 0.15) is 6.61 Å². The van der Waals surface area contributed by atoms with E-state index in [4.69, 9.17) is 34.4 Å². The van der Waals surface area contributed by atoms with Crippen molar-refractivity contribution in [2.24, 2.45) is 0 Å². The number of nitrogens with one attached hydrogen (secondary N) is 1. The summed E-state index contributed by atoms with van der Waals surface area (Å²) < 4.78 is 4.97. The molecule has 0 fully saturated rings. The molecule has 0 unspecified atom stereocenters. The summed E-state index contributed by atoms with van der Waals surface area (Å²) in [6.45, 7) is 0.403. The lowest BCUT2D eigenvalue weighted by molar-refractivity contribution is -0.117. The van der Waals surface area contributed by atoms with Crippen LogP contribution in [0, 0.1) is 12.3 Å². The van der Waals surface area contributed by atoms with Gasteiger partial charge in [-0.1, -0.05) is 29.1 Å². The Balaban J connectivity index is 2.52. The highest BCUT2D eigenvalue weighted by Gasteiger charge is 2.08. The van der Waals surface area contributed by atoms with Gasteiger partial charge in [0.25, 0.3) is 0 Å². The zero-order valence-corrected chi connectivity index (χ0v) is 10.9. The van der Waals surface area contributed by atoms with E-state index in [0.717, 1.165) is 0 Å². The molecule has 0 heterocycles. The number of hydrogen-bond acceptors (Lipinski definition) is 3. The second-order valence-electron chi connectivity index (χ2n) is 3.34. The van der Waals surface area contributed by atoms with Gasteiger partial charge in [0, 0.05) is 5.69 Å². The summed E-state index contributed by atoms with van der Waals surface area (Å²) in [5.41, 5.74) is 0.407. The molecule has 1 aromatic carbocycles. The van der Waals surface area contributed by atoms with Crippen molar-refractivity contribution in [3.05, 3.63) is 22.2 Å². The quantitative estimate of drug-likeness (QED) is 0.497. The highest BCUT2D eigenvalue weighted by Crippen LogP contribution is 2.34. The molecule has 0 aromatic heterocycles. The number of phenolic OH excluding ortho intramolecular Hbond substituents is 1. The van der Waals surface area contributed by atoms with Crippen LogP contribution < -0.4 is 5.32 Å². The number of anilines is 1. The molecule has 0 radical (unpaired) electrons. The average Bonchev–Trinajstić information content (AvgIpc) is 2.31. The lowest BCUT2D eigenvalue weighted by atomic mass is 10.3. The molecule has 4 nitrogen and oxygen atoms in total. The molecule has 18 heavy (non-hydrogen) atoms. The third kappa shape index (κ3) is 4.46. The zero-order valence-electron chi connectivity index (χ0n) is 9.37. The van der Waals surface area contributed by atoms with Gasteiger partial charge in [-0.25, -0.2) is 0 Å². The van der Waals surface area contributed by atoms with E-state index >= 15 is 0 Å². The van der Waals surface area contributed by atoms with Crippen LogP contribution in [-0.4, -0.2) is 24.2 Å². The smallest absolute Gasteiger partial charge is 0.226 e. The largest absolute Gasteiger partial charge is 0.505 e. The van der Waals surface area contributed by atoms with Crippen molar-refractivity contribution in [1.82, 2.24) is 0 Å². The SMILES string of the molecule is C#CCOCCC(=O)Nc1cc(Cl)c(O)c(Cl)c1. The van der Waals surface area contributed by atoms with E-state index in [1.807, 2.05) is 0 Å². The molecule has 2 N–H and O–H groups in total. The van der Waals surface area contributed by atoms with Gasteiger partial charge in [-0.05, 0) is 12.1 Å². The number of terminal acetylenes is 1. The number of amides is 1. The van der Waals surface area contributed by atoms with Crippen molar-refractivity contribution in [3.8, 4) is 18.1 Å². The molecule has 6 heteroatoms. The number of hydrogen-bond donors (Lipinski definition) is 2. The summed E-state index contributed by atoms with van der Waals surface area (Å²) in [5.74, 6) is 1.82. The fourth-order valence-corrected chi connectivity index (χ4v) is 1.64. The Morgan fingerprint density at radius 3 is 2.61 bits per heavy atom. The van der Waals surface area contributed by atoms with E-state index in [0.29, 0.717) is 5.69 Å². The van der Waals surface area contributed by atoms with E-state index in [-0.39, 0.29) is 41.3 Å². The second-order valence-corrected chi connectivity index (χ2v) is 4.16. The predicted octanol–water partition coefficient (Wildman–Crippen LogP) is 2.68. The van der Waals surface area contributed by atoms with Crippen molar-refractivity contribution in [3.63, 3.8) is 0 Å². The third-order valence-electron chi connectivity index (χ3n) is 1.96. The van der Waals surface area contributed by atoms with E-state index in [9.17, 15) is 9.90 Å². The first-order valence-electron chi connectivity index (χ1n) is 5.03. The summed E-state index contributed by atoms with van der Waals surface area (Å²) in [4.78, 5) is 11.5. The Kier molecular flexibility index (Phi) is 5.79. The molecular weight excluding hydrogens is 277 g/mol. The van der Waals surface area contributed by atoms with Gasteiger partial charge in [0.05, 0.1) is 23.1 Å². The number of carbonyl (C=O) groups excluding carboxylic acids is 1. The summed E-state index contributed by atoms with van der Waals surface area (Å²) in [6, 6.07) is 2.81. The van der Waals surface area contributed by atoms with Gasteiger partial charge in [-0.2, -0.15) is 0 Å². The van der Waals surface area contributed by atoms with Gasteiger partial charge in [-0.15, -0.1) is 6.42 Å². The van der Waals surface area contributed by atoms with Crippen LogP contribution in [0.4, 0.5) is 5.69 Å². The first-order chi connectivity index (χ1) is 8.54. The van der Waals surface area contributed by atoms with E-state index in [2.05, 4.69) is 11.2 Å². The Bertz CT molecular complexity index is 460. The summed E-state index contributed by atoms with van der Waals surface area (Å²) in [5, 5.41) is 12.1. The molecule has 0 saturated heterocycles. The van der Waals surface area contributed by atoms with Crippen LogP contribution in [0.3, 0.4) is 0 Å². The van der Waals surface area contributed by atoms with Gasteiger partial charge in [-0.3, -0.25) is 4.79 Å². The van der Waals surface area contributed by atoms with Crippen molar-refractivity contribution in [1.29, 1.82) is 0 Å². The fourth-order valence-electron chi connectivity index (χ4n) is 1.16. The molecule has 0 aliphatic carbocycles. The minimum absolute atomic E-state index is 0.0707. The maximum absolute atomic E-state index is 11.5. The molecule has 0 bridgehead atoms. The number of carbonyl (C=O) groups is 1. The van der Waals surface area contributed by atoms with Gasteiger partial charge < -0.3 is 15.2 Å². The Hall–Kier alpha value is -1.41. The second kappa shape index (κ2) is 7.12. The summed E-state index contributed by atoms with van der Waals surface area (Å²) in [6.07, 6.45) is 5.15. The summed E-state index contributed by atoms with van der Waals surface area (Å²) in [7, 11) is 0. The molecule has 1 rings (SSSR count). The molecule has 0 spiro atoms. The first kappa shape index (κ1) is 14.7. The zero-order chi connectivity index (χ0) is 13.5. The van der Waals surface area contributed by atoms with Gasteiger partial charge in [0.15, 0.2) is 5.75 Å². The maximum atomic E-state index is 11.5.